The summed E-state index contributed by atoms with van der Waals surface area (Å²) in [4.78, 5) is 46.0. The van der Waals surface area contributed by atoms with Gasteiger partial charge in [0, 0.05) is 47.5 Å². The minimum absolute atomic E-state index is 0.167. The van der Waals surface area contributed by atoms with Gasteiger partial charge in [-0.2, -0.15) is 0 Å². The van der Waals surface area contributed by atoms with Crippen LogP contribution in [0, 0.1) is 23.7 Å². The van der Waals surface area contributed by atoms with Crippen LogP contribution in [0.1, 0.15) is 84.5 Å². The Bertz CT molecular complexity index is 1680. The van der Waals surface area contributed by atoms with E-state index in [-0.39, 0.29) is 52.7 Å². The Balaban J connectivity index is 1.78. The molecule has 0 atom stereocenters. The molecule has 2 amide bonds. The van der Waals surface area contributed by atoms with Gasteiger partial charge in [-0.25, -0.2) is 9.59 Å². The Labute approximate surface area is 317 Å². The molecule has 0 fully saturated rings. The second kappa shape index (κ2) is 21.6. The summed E-state index contributed by atoms with van der Waals surface area (Å²) >= 11 is 0. The van der Waals surface area contributed by atoms with Crippen LogP contribution in [0.15, 0.2) is 60.7 Å². The van der Waals surface area contributed by atoms with Crippen molar-refractivity contribution in [3.05, 3.63) is 94.0 Å². The van der Waals surface area contributed by atoms with Crippen LogP contribution in [0.5, 0.6) is 11.5 Å². The Kier molecular flexibility index (Phi) is 17.1. The lowest BCUT2D eigenvalue weighted by Crippen LogP contribution is -2.34. The van der Waals surface area contributed by atoms with Crippen molar-refractivity contribution in [3.63, 3.8) is 0 Å². The van der Waals surface area contributed by atoms with Crippen molar-refractivity contribution < 1.29 is 47.6 Å². The van der Waals surface area contributed by atoms with E-state index in [9.17, 15) is 19.2 Å². The molecule has 286 valence electrons. The smallest absolute Gasteiger partial charge is 0.407 e. The van der Waals surface area contributed by atoms with Crippen LogP contribution >= 0.6 is 0 Å². The molecule has 0 heterocycles. The molecule has 0 aliphatic carbocycles. The predicted octanol–water partition coefficient (Wildman–Crippen LogP) is 5.95. The monoisotopic (exact) mass is 740 g/mol. The molecule has 12 heteroatoms. The maximum Gasteiger partial charge on any atom is 0.407 e. The maximum absolute atomic E-state index is 11.9. The summed E-state index contributed by atoms with van der Waals surface area (Å²) in [6, 6.07) is 17.2. The number of alkyl carbamates (subject to hydrolysis) is 2. The first kappa shape index (κ1) is 42.6. The fourth-order valence-corrected chi connectivity index (χ4v) is 4.27. The van der Waals surface area contributed by atoms with Gasteiger partial charge in [0.1, 0.15) is 48.5 Å². The van der Waals surface area contributed by atoms with Gasteiger partial charge < -0.3 is 39.1 Å². The summed E-state index contributed by atoms with van der Waals surface area (Å²) < 4.78 is 34.0. The molecule has 0 aliphatic heterocycles. The highest BCUT2D eigenvalue weighted by atomic mass is 16.6. The molecule has 0 unspecified atom stereocenters. The number of nitrogens with one attached hydrogen (secondary N) is 2. The van der Waals surface area contributed by atoms with Gasteiger partial charge in [0.2, 0.25) is 0 Å². The summed E-state index contributed by atoms with van der Waals surface area (Å²) in [6.45, 7) is 12.5. The maximum atomic E-state index is 11.9. The van der Waals surface area contributed by atoms with E-state index in [1.54, 1.807) is 102 Å². The summed E-state index contributed by atoms with van der Waals surface area (Å²) in [5.74, 6) is 13.4. The number of aldehydes is 2. The average Bonchev–Trinajstić information content (AvgIpc) is 3.11. The Hall–Kier alpha value is -5.82. The van der Waals surface area contributed by atoms with Gasteiger partial charge in [0.15, 0.2) is 0 Å². The second-order valence-corrected chi connectivity index (χ2v) is 13.6. The van der Waals surface area contributed by atoms with Gasteiger partial charge in [0.25, 0.3) is 0 Å². The van der Waals surface area contributed by atoms with E-state index in [0.29, 0.717) is 44.9 Å². The second-order valence-electron chi connectivity index (χ2n) is 13.6. The zero-order valence-corrected chi connectivity index (χ0v) is 31.7. The van der Waals surface area contributed by atoms with Crippen LogP contribution < -0.4 is 20.1 Å². The van der Waals surface area contributed by atoms with Gasteiger partial charge in [-0.15, -0.1) is 0 Å². The third-order valence-corrected chi connectivity index (χ3v) is 6.66. The highest BCUT2D eigenvalue weighted by Gasteiger charge is 2.17. The highest BCUT2D eigenvalue weighted by molar-refractivity contribution is 5.75. The molecule has 54 heavy (non-hydrogen) atoms. The number of benzene rings is 3. The highest BCUT2D eigenvalue weighted by Crippen LogP contribution is 2.29. The molecule has 0 aromatic heterocycles. The quantitative estimate of drug-likeness (QED) is 0.103. The molecule has 12 nitrogen and oxygen atoms in total. The fraction of sp³-hybridized carbons (Fsp3) is 0.381. The van der Waals surface area contributed by atoms with Crippen LogP contribution in [0.25, 0.3) is 0 Å². The third kappa shape index (κ3) is 17.1. The van der Waals surface area contributed by atoms with Crippen molar-refractivity contribution in [2.45, 2.75) is 52.7 Å². The lowest BCUT2D eigenvalue weighted by Gasteiger charge is -2.19. The molecule has 0 saturated heterocycles. The van der Waals surface area contributed by atoms with E-state index in [0.717, 1.165) is 12.6 Å². The first-order valence-electron chi connectivity index (χ1n) is 17.4. The number of carbonyl (C=O) groups is 4. The van der Waals surface area contributed by atoms with Crippen LogP contribution in [0.2, 0.25) is 0 Å². The lowest BCUT2D eigenvalue weighted by atomic mass is 10.1. The zero-order valence-electron chi connectivity index (χ0n) is 31.7. The minimum atomic E-state index is -0.598. The Morgan fingerprint density at radius 3 is 1.26 bits per heavy atom. The van der Waals surface area contributed by atoms with Crippen molar-refractivity contribution >= 4 is 24.8 Å². The van der Waals surface area contributed by atoms with Crippen molar-refractivity contribution in [1.82, 2.24) is 10.6 Å². The normalized spacial score (nSPS) is 10.8. The summed E-state index contributed by atoms with van der Waals surface area (Å²) in [5.41, 5.74) is 2.27. The molecule has 2 N–H and O–H groups in total. The standard InChI is InChI=1S/C42H48N2O10/c1-41(2,3)53-39(47)43-19-21-49-23-25-51-37-27-36(18-16-32-9-13-34(30-46)14-10-32)38(28-35(37)17-15-31-7-11-33(29-45)12-8-31)52-26-24-50-22-20-44-40(48)54-42(4,5)6/h7-14,27-30H,19-26H2,1-6H3,(H,43,47)(H,44,48). The van der Waals surface area contributed by atoms with E-state index in [4.69, 9.17) is 28.4 Å². The summed E-state index contributed by atoms with van der Waals surface area (Å²) in [6.07, 6.45) is 0.479. The number of rotatable bonds is 16. The third-order valence-electron chi connectivity index (χ3n) is 6.66. The average molecular weight is 741 g/mol. The van der Waals surface area contributed by atoms with Crippen LogP contribution in [-0.2, 0) is 18.9 Å². The van der Waals surface area contributed by atoms with E-state index < -0.39 is 23.4 Å². The predicted molar refractivity (Wildman–Crippen MR) is 203 cm³/mol. The summed E-state index contributed by atoms with van der Waals surface area (Å²) in [5, 5.41) is 5.29. The first-order chi connectivity index (χ1) is 25.7. The molecule has 0 saturated carbocycles. The van der Waals surface area contributed by atoms with E-state index >= 15 is 0 Å². The largest absolute Gasteiger partial charge is 0.490 e. The Morgan fingerprint density at radius 1 is 0.556 bits per heavy atom. The minimum Gasteiger partial charge on any atom is -0.490 e. The van der Waals surface area contributed by atoms with E-state index in [1.165, 1.54) is 0 Å². The van der Waals surface area contributed by atoms with Crippen molar-refractivity contribution in [2.24, 2.45) is 0 Å². The first-order valence-corrected chi connectivity index (χ1v) is 17.4. The molecular formula is C42H48N2O10. The number of carbonyl (C=O) groups excluding carboxylic acids is 4. The number of hydrogen-bond donors (Lipinski definition) is 2. The number of hydrogen-bond acceptors (Lipinski definition) is 10. The summed E-state index contributed by atoms with van der Waals surface area (Å²) in [7, 11) is 0. The molecular weight excluding hydrogens is 692 g/mol. The van der Waals surface area contributed by atoms with Crippen molar-refractivity contribution in [1.29, 1.82) is 0 Å². The lowest BCUT2D eigenvalue weighted by molar-refractivity contribution is 0.0478. The molecule has 3 aromatic rings. The fourth-order valence-electron chi connectivity index (χ4n) is 4.27. The van der Waals surface area contributed by atoms with Gasteiger partial charge in [-0.1, -0.05) is 47.9 Å². The number of amides is 2. The zero-order chi connectivity index (χ0) is 39.4. The van der Waals surface area contributed by atoms with Crippen LogP contribution in [0.4, 0.5) is 9.59 Å². The van der Waals surface area contributed by atoms with Gasteiger partial charge in [-0.3, -0.25) is 9.59 Å². The molecule has 0 spiro atoms. The van der Waals surface area contributed by atoms with Crippen molar-refractivity contribution in [3.8, 4) is 35.2 Å². The van der Waals surface area contributed by atoms with Gasteiger partial charge in [0.05, 0.1) is 37.6 Å². The molecule has 0 bridgehead atoms. The van der Waals surface area contributed by atoms with Crippen LogP contribution in [0.3, 0.4) is 0 Å². The molecule has 3 rings (SSSR count). The molecule has 0 aliphatic rings. The number of ether oxygens (including phenoxy) is 6. The SMILES string of the molecule is CC(C)(C)OC(=O)NCCOCCOc1cc(C#Cc2ccc(C=O)cc2)c(OCCOCCNC(=O)OC(C)(C)C)cc1C#Cc1ccc(C=O)cc1. The topological polar surface area (TPSA) is 148 Å². The van der Waals surface area contributed by atoms with Gasteiger partial charge >= 0.3 is 12.2 Å². The Morgan fingerprint density at radius 2 is 0.926 bits per heavy atom. The van der Waals surface area contributed by atoms with Crippen LogP contribution in [-0.4, -0.2) is 88.7 Å². The van der Waals surface area contributed by atoms with Gasteiger partial charge in [-0.05, 0) is 65.8 Å². The van der Waals surface area contributed by atoms with Crippen molar-refractivity contribution in [2.75, 3.05) is 52.7 Å². The molecule has 0 radical (unpaired) electrons. The van der Waals surface area contributed by atoms with E-state index in [1.807, 2.05) is 0 Å². The molecule has 3 aromatic carbocycles. The van der Waals surface area contributed by atoms with E-state index in [2.05, 4.69) is 34.3 Å².